The molecule has 3 aromatic rings. The third-order valence-electron chi connectivity index (χ3n) is 2.80. The first-order valence-corrected chi connectivity index (χ1v) is 6.08. The Hall–Kier alpha value is -2.96. The highest BCUT2D eigenvalue weighted by Crippen LogP contribution is 2.18. The zero-order valence-electron chi connectivity index (χ0n) is 10.7. The number of aromatic amines is 1. The van der Waals surface area contributed by atoms with Gasteiger partial charge in [0.25, 0.3) is 0 Å². The minimum absolute atomic E-state index is 0.577. The standard InChI is InChI=1S/C13H13N7/c1-2-20-9-10(8-15-20)7-14-12-5-3-4-11(6-12)13-16-18-19-17-13/h2-6,8-9,14H,1,7H2,(H,16,17,18,19). The molecule has 0 aliphatic carbocycles. The first-order chi connectivity index (χ1) is 9.85. The molecular formula is C13H13N7. The van der Waals surface area contributed by atoms with Crippen molar-refractivity contribution in [3.05, 3.63) is 48.8 Å². The summed E-state index contributed by atoms with van der Waals surface area (Å²) in [7, 11) is 0. The van der Waals surface area contributed by atoms with E-state index in [0.29, 0.717) is 12.4 Å². The van der Waals surface area contributed by atoms with Crippen LogP contribution in [-0.4, -0.2) is 30.4 Å². The molecule has 0 radical (unpaired) electrons. The van der Waals surface area contributed by atoms with Crippen LogP contribution in [0.2, 0.25) is 0 Å². The molecule has 20 heavy (non-hydrogen) atoms. The van der Waals surface area contributed by atoms with Crippen LogP contribution >= 0.6 is 0 Å². The van der Waals surface area contributed by atoms with E-state index < -0.39 is 0 Å². The second-order valence-corrected chi connectivity index (χ2v) is 4.18. The lowest BCUT2D eigenvalue weighted by Gasteiger charge is -2.05. The molecule has 0 atom stereocenters. The maximum atomic E-state index is 4.13. The van der Waals surface area contributed by atoms with Gasteiger partial charge in [0.15, 0.2) is 0 Å². The Balaban J connectivity index is 1.71. The van der Waals surface area contributed by atoms with E-state index in [0.717, 1.165) is 16.8 Å². The van der Waals surface area contributed by atoms with E-state index >= 15 is 0 Å². The quantitative estimate of drug-likeness (QED) is 0.736. The molecule has 0 aliphatic rings. The zero-order valence-corrected chi connectivity index (χ0v) is 10.7. The number of nitrogens with one attached hydrogen (secondary N) is 2. The van der Waals surface area contributed by atoms with Gasteiger partial charge in [0, 0.05) is 35.8 Å². The molecular weight excluding hydrogens is 254 g/mol. The molecule has 1 aromatic carbocycles. The van der Waals surface area contributed by atoms with E-state index in [1.807, 2.05) is 30.5 Å². The van der Waals surface area contributed by atoms with Gasteiger partial charge in [-0.2, -0.15) is 10.3 Å². The Morgan fingerprint density at radius 3 is 3.10 bits per heavy atom. The van der Waals surface area contributed by atoms with Crippen molar-refractivity contribution in [1.82, 2.24) is 30.4 Å². The van der Waals surface area contributed by atoms with E-state index in [2.05, 4.69) is 37.6 Å². The summed E-state index contributed by atoms with van der Waals surface area (Å²) in [5, 5.41) is 21.4. The van der Waals surface area contributed by atoms with Crippen LogP contribution in [0.25, 0.3) is 17.6 Å². The molecule has 0 saturated heterocycles. The normalized spacial score (nSPS) is 10.4. The molecule has 0 unspecified atom stereocenters. The van der Waals surface area contributed by atoms with Crippen molar-refractivity contribution in [2.75, 3.05) is 5.32 Å². The van der Waals surface area contributed by atoms with Crippen LogP contribution < -0.4 is 5.32 Å². The number of rotatable bonds is 5. The minimum atomic E-state index is 0.577. The number of tetrazole rings is 1. The number of hydrogen-bond acceptors (Lipinski definition) is 5. The molecule has 0 spiro atoms. The van der Waals surface area contributed by atoms with E-state index in [-0.39, 0.29) is 0 Å². The van der Waals surface area contributed by atoms with Gasteiger partial charge >= 0.3 is 0 Å². The molecule has 7 nitrogen and oxygen atoms in total. The lowest BCUT2D eigenvalue weighted by molar-refractivity contribution is 0.881. The van der Waals surface area contributed by atoms with Crippen LogP contribution in [0.15, 0.2) is 43.2 Å². The van der Waals surface area contributed by atoms with E-state index in [9.17, 15) is 0 Å². The minimum Gasteiger partial charge on any atom is -0.381 e. The molecule has 0 bridgehead atoms. The van der Waals surface area contributed by atoms with Crippen molar-refractivity contribution >= 4 is 11.9 Å². The van der Waals surface area contributed by atoms with E-state index in [1.54, 1.807) is 17.1 Å². The first kappa shape index (κ1) is 12.1. The monoisotopic (exact) mass is 267 g/mol. The van der Waals surface area contributed by atoms with Crippen LogP contribution in [-0.2, 0) is 6.54 Å². The number of H-pyrrole nitrogens is 1. The fourth-order valence-electron chi connectivity index (χ4n) is 1.82. The largest absolute Gasteiger partial charge is 0.381 e. The van der Waals surface area contributed by atoms with Gasteiger partial charge < -0.3 is 5.32 Å². The fourth-order valence-corrected chi connectivity index (χ4v) is 1.82. The van der Waals surface area contributed by atoms with Gasteiger partial charge in [0.1, 0.15) is 0 Å². The summed E-state index contributed by atoms with van der Waals surface area (Å²) in [6.45, 7) is 4.34. The summed E-state index contributed by atoms with van der Waals surface area (Å²) in [6, 6.07) is 7.84. The summed E-state index contributed by atoms with van der Waals surface area (Å²) in [5.74, 6) is 0.577. The summed E-state index contributed by atoms with van der Waals surface area (Å²) in [4.78, 5) is 0. The Labute approximate surface area is 115 Å². The van der Waals surface area contributed by atoms with Crippen molar-refractivity contribution in [2.45, 2.75) is 6.54 Å². The predicted molar refractivity (Wildman–Crippen MR) is 75.6 cm³/mol. The van der Waals surface area contributed by atoms with Gasteiger partial charge in [-0.15, -0.1) is 10.2 Å². The summed E-state index contributed by atoms with van der Waals surface area (Å²) >= 11 is 0. The van der Waals surface area contributed by atoms with Gasteiger partial charge in [-0.05, 0) is 17.3 Å². The lowest BCUT2D eigenvalue weighted by Crippen LogP contribution is -1.98. The molecule has 2 N–H and O–H groups in total. The third-order valence-corrected chi connectivity index (χ3v) is 2.80. The molecule has 100 valence electrons. The second kappa shape index (κ2) is 5.35. The Morgan fingerprint density at radius 2 is 2.35 bits per heavy atom. The molecule has 3 rings (SSSR count). The van der Waals surface area contributed by atoms with Crippen LogP contribution in [0.4, 0.5) is 5.69 Å². The molecule has 7 heteroatoms. The molecule has 0 fully saturated rings. The van der Waals surface area contributed by atoms with Gasteiger partial charge in [0.05, 0.1) is 6.20 Å². The highest BCUT2D eigenvalue weighted by Gasteiger charge is 2.03. The Kier molecular flexibility index (Phi) is 3.24. The van der Waals surface area contributed by atoms with Crippen LogP contribution in [0.5, 0.6) is 0 Å². The topological polar surface area (TPSA) is 84.3 Å². The SMILES string of the molecule is C=Cn1cc(CNc2cccc(-c3nn[nH]n3)c2)cn1. The summed E-state index contributed by atoms with van der Waals surface area (Å²) < 4.78 is 1.67. The number of anilines is 1. The summed E-state index contributed by atoms with van der Waals surface area (Å²) in [6.07, 6.45) is 5.38. The Bertz CT molecular complexity index is 699. The smallest absolute Gasteiger partial charge is 0.204 e. The Morgan fingerprint density at radius 1 is 1.40 bits per heavy atom. The highest BCUT2D eigenvalue weighted by atomic mass is 15.5. The third kappa shape index (κ3) is 2.56. The highest BCUT2D eigenvalue weighted by molar-refractivity contribution is 5.61. The van der Waals surface area contributed by atoms with Gasteiger partial charge in [0.2, 0.25) is 5.82 Å². The summed E-state index contributed by atoms with van der Waals surface area (Å²) in [5.41, 5.74) is 2.97. The zero-order chi connectivity index (χ0) is 13.8. The van der Waals surface area contributed by atoms with Crippen LogP contribution in [0, 0.1) is 0 Å². The van der Waals surface area contributed by atoms with E-state index in [1.165, 1.54) is 0 Å². The molecule has 0 aliphatic heterocycles. The number of hydrogen-bond donors (Lipinski definition) is 2. The fraction of sp³-hybridized carbons (Fsp3) is 0.0769. The lowest BCUT2D eigenvalue weighted by atomic mass is 10.2. The molecule has 0 saturated carbocycles. The maximum absolute atomic E-state index is 4.13. The van der Waals surface area contributed by atoms with Crippen LogP contribution in [0.1, 0.15) is 5.56 Å². The van der Waals surface area contributed by atoms with Crippen LogP contribution in [0.3, 0.4) is 0 Å². The van der Waals surface area contributed by atoms with Crippen molar-refractivity contribution in [3.63, 3.8) is 0 Å². The van der Waals surface area contributed by atoms with Gasteiger partial charge in [-0.1, -0.05) is 18.7 Å². The van der Waals surface area contributed by atoms with E-state index in [4.69, 9.17) is 0 Å². The predicted octanol–water partition coefficient (Wildman–Crippen LogP) is 1.78. The molecule has 2 aromatic heterocycles. The van der Waals surface area contributed by atoms with Crippen molar-refractivity contribution in [1.29, 1.82) is 0 Å². The maximum Gasteiger partial charge on any atom is 0.204 e. The average molecular weight is 267 g/mol. The number of nitrogens with zero attached hydrogens (tertiary/aromatic N) is 5. The van der Waals surface area contributed by atoms with Gasteiger partial charge in [-0.25, -0.2) is 4.68 Å². The first-order valence-electron chi connectivity index (χ1n) is 6.08. The molecule has 0 amide bonds. The number of aromatic nitrogens is 6. The second-order valence-electron chi connectivity index (χ2n) is 4.18. The van der Waals surface area contributed by atoms with Gasteiger partial charge in [-0.3, -0.25) is 0 Å². The van der Waals surface area contributed by atoms with Crippen molar-refractivity contribution < 1.29 is 0 Å². The number of benzene rings is 1. The average Bonchev–Trinajstić information content (AvgIpc) is 3.17. The van der Waals surface area contributed by atoms with Crippen molar-refractivity contribution in [2.24, 2.45) is 0 Å². The van der Waals surface area contributed by atoms with Crippen molar-refractivity contribution in [3.8, 4) is 11.4 Å². The molecule has 2 heterocycles.